The van der Waals surface area contributed by atoms with Crippen LogP contribution in [0.15, 0.2) is 18.2 Å². The number of nitrogens with one attached hydrogen (secondary N) is 1. The number of aliphatic hydroxyl groups excluding tert-OH is 1. The Morgan fingerprint density at radius 2 is 2.05 bits per heavy atom. The molecule has 1 aromatic carbocycles. The number of piperidine rings is 1. The Labute approximate surface area is 114 Å². The first kappa shape index (κ1) is 14.0. The molecule has 0 aliphatic carbocycles. The number of likely N-dealkylation sites (tertiary alicyclic amines) is 1. The fourth-order valence-electron chi connectivity index (χ4n) is 2.36. The van der Waals surface area contributed by atoms with Crippen LogP contribution < -0.4 is 5.32 Å². The van der Waals surface area contributed by atoms with Crippen LogP contribution >= 0.6 is 0 Å². The van der Waals surface area contributed by atoms with Crippen LogP contribution in [-0.4, -0.2) is 41.7 Å². The van der Waals surface area contributed by atoms with Crippen LogP contribution in [0, 0.1) is 13.8 Å². The first-order valence-corrected chi connectivity index (χ1v) is 6.83. The van der Waals surface area contributed by atoms with E-state index in [4.69, 9.17) is 0 Å². The van der Waals surface area contributed by atoms with Crippen LogP contribution in [0.25, 0.3) is 0 Å². The Hall–Kier alpha value is -1.39. The SMILES string of the molecule is Cc1cccc(NC(=O)CN2CCC(O)CC2)c1C. The zero-order chi connectivity index (χ0) is 13.8. The average Bonchev–Trinajstić information content (AvgIpc) is 2.38. The number of carbonyl (C=O) groups excluding carboxylic acids is 1. The van der Waals surface area contributed by atoms with Crippen LogP contribution in [0.4, 0.5) is 5.69 Å². The van der Waals surface area contributed by atoms with Gasteiger partial charge in [0.05, 0.1) is 12.6 Å². The molecule has 0 saturated carbocycles. The zero-order valence-corrected chi connectivity index (χ0v) is 11.6. The molecule has 0 bridgehead atoms. The van der Waals surface area contributed by atoms with E-state index in [1.807, 2.05) is 32.0 Å². The summed E-state index contributed by atoms with van der Waals surface area (Å²) in [5.41, 5.74) is 3.19. The van der Waals surface area contributed by atoms with E-state index in [2.05, 4.69) is 10.2 Å². The molecule has 2 N–H and O–H groups in total. The summed E-state index contributed by atoms with van der Waals surface area (Å²) in [4.78, 5) is 14.1. The molecule has 1 amide bonds. The van der Waals surface area contributed by atoms with E-state index in [1.54, 1.807) is 0 Å². The standard InChI is InChI=1S/C15H22N2O2/c1-11-4-3-5-14(12(11)2)16-15(19)10-17-8-6-13(18)7-9-17/h3-5,13,18H,6-10H2,1-2H3,(H,16,19). The summed E-state index contributed by atoms with van der Waals surface area (Å²) < 4.78 is 0. The lowest BCUT2D eigenvalue weighted by Gasteiger charge is -2.28. The Kier molecular flexibility index (Phi) is 4.56. The van der Waals surface area contributed by atoms with Crippen molar-refractivity contribution in [2.24, 2.45) is 0 Å². The second-order valence-corrected chi connectivity index (χ2v) is 5.30. The minimum Gasteiger partial charge on any atom is -0.393 e. The number of carbonyl (C=O) groups is 1. The smallest absolute Gasteiger partial charge is 0.238 e. The Bertz CT molecular complexity index is 451. The maximum atomic E-state index is 12.0. The summed E-state index contributed by atoms with van der Waals surface area (Å²) in [6, 6.07) is 5.92. The van der Waals surface area contributed by atoms with Gasteiger partial charge in [0.2, 0.25) is 5.91 Å². The average molecular weight is 262 g/mol. The van der Waals surface area contributed by atoms with Gasteiger partial charge < -0.3 is 10.4 Å². The molecule has 104 valence electrons. The van der Waals surface area contributed by atoms with Gasteiger partial charge in [-0.1, -0.05) is 12.1 Å². The second kappa shape index (κ2) is 6.17. The quantitative estimate of drug-likeness (QED) is 0.871. The van der Waals surface area contributed by atoms with Crippen LogP contribution in [0.5, 0.6) is 0 Å². The molecule has 1 aliphatic heterocycles. The van der Waals surface area contributed by atoms with Crippen molar-refractivity contribution in [1.29, 1.82) is 0 Å². The van der Waals surface area contributed by atoms with E-state index < -0.39 is 0 Å². The molecule has 1 aromatic rings. The highest BCUT2D eigenvalue weighted by atomic mass is 16.3. The summed E-state index contributed by atoms with van der Waals surface area (Å²) in [7, 11) is 0. The van der Waals surface area contributed by atoms with Crippen molar-refractivity contribution in [2.45, 2.75) is 32.8 Å². The van der Waals surface area contributed by atoms with Crippen molar-refractivity contribution in [3.8, 4) is 0 Å². The van der Waals surface area contributed by atoms with Gasteiger partial charge in [-0.3, -0.25) is 9.69 Å². The summed E-state index contributed by atoms with van der Waals surface area (Å²) >= 11 is 0. The molecule has 0 atom stereocenters. The van der Waals surface area contributed by atoms with Gasteiger partial charge in [0.25, 0.3) is 0 Å². The van der Waals surface area contributed by atoms with Gasteiger partial charge in [-0.15, -0.1) is 0 Å². The van der Waals surface area contributed by atoms with E-state index >= 15 is 0 Å². The van der Waals surface area contributed by atoms with Gasteiger partial charge in [-0.2, -0.15) is 0 Å². The van der Waals surface area contributed by atoms with Gasteiger partial charge in [-0.25, -0.2) is 0 Å². The number of benzene rings is 1. The van der Waals surface area contributed by atoms with Gasteiger partial charge in [0.1, 0.15) is 0 Å². The van der Waals surface area contributed by atoms with Crippen molar-refractivity contribution in [1.82, 2.24) is 4.90 Å². The number of rotatable bonds is 3. The van der Waals surface area contributed by atoms with Crippen molar-refractivity contribution in [3.05, 3.63) is 29.3 Å². The minimum atomic E-state index is -0.196. The predicted octanol–water partition coefficient (Wildman–Crippen LogP) is 1.70. The lowest BCUT2D eigenvalue weighted by Crippen LogP contribution is -2.40. The first-order chi connectivity index (χ1) is 9.06. The lowest BCUT2D eigenvalue weighted by molar-refractivity contribution is -0.117. The second-order valence-electron chi connectivity index (χ2n) is 5.30. The monoisotopic (exact) mass is 262 g/mol. The van der Waals surface area contributed by atoms with E-state index in [-0.39, 0.29) is 12.0 Å². The van der Waals surface area contributed by atoms with Gasteiger partial charge in [0, 0.05) is 18.8 Å². The number of amides is 1. The van der Waals surface area contributed by atoms with Gasteiger partial charge in [-0.05, 0) is 43.9 Å². The molecule has 19 heavy (non-hydrogen) atoms. The van der Waals surface area contributed by atoms with E-state index in [1.165, 1.54) is 5.56 Å². The number of aryl methyl sites for hydroxylation is 1. The van der Waals surface area contributed by atoms with Gasteiger partial charge in [0.15, 0.2) is 0 Å². The molecule has 0 radical (unpaired) electrons. The summed E-state index contributed by atoms with van der Waals surface area (Å²) in [5.74, 6) is 0.0186. The topological polar surface area (TPSA) is 52.6 Å². The zero-order valence-electron chi connectivity index (χ0n) is 11.6. The van der Waals surface area contributed by atoms with Crippen LogP contribution in [-0.2, 0) is 4.79 Å². The molecule has 1 aliphatic rings. The molecule has 0 unspecified atom stereocenters. The molecule has 1 saturated heterocycles. The molecule has 1 fully saturated rings. The molecule has 2 rings (SSSR count). The molecule has 0 spiro atoms. The first-order valence-electron chi connectivity index (χ1n) is 6.83. The van der Waals surface area contributed by atoms with Crippen molar-refractivity contribution in [2.75, 3.05) is 25.0 Å². The Morgan fingerprint density at radius 1 is 1.37 bits per heavy atom. The highest BCUT2D eigenvalue weighted by Crippen LogP contribution is 2.18. The van der Waals surface area contributed by atoms with E-state index in [0.717, 1.165) is 37.2 Å². The maximum Gasteiger partial charge on any atom is 0.238 e. The normalized spacial score (nSPS) is 17.4. The Balaban J connectivity index is 1.89. The van der Waals surface area contributed by atoms with Crippen molar-refractivity contribution < 1.29 is 9.90 Å². The summed E-state index contributed by atoms with van der Waals surface area (Å²) in [6.45, 7) is 6.04. The predicted molar refractivity (Wildman–Crippen MR) is 76.2 cm³/mol. The maximum absolute atomic E-state index is 12.0. The third kappa shape index (κ3) is 3.78. The number of hydrogen-bond acceptors (Lipinski definition) is 3. The third-order valence-corrected chi connectivity index (χ3v) is 3.80. The van der Waals surface area contributed by atoms with Crippen LogP contribution in [0.3, 0.4) is 0 Å². The highest BCUT2D eigenvalue weighted by molar-refractivity contribution is 5.93. The third-order valence-electron chi connectivity index (χ3n) is 3.80. The number of nitrogens with zero attached hydrogens (tertiary/aromatic N) is 1. The molecular formula is C15H22N2O2. The number of aliphatic hydroxyl groups is 1. The number of hydrogen-bond donors (Lipinski definition) is 2. The minimum absolute atomic E-state index is 0.0186. The van der Waals surface area contributed by atoms with Crippen molar-refractivity contribution in [3.63, 3.8) is 0 Å². The lowest BCUT2D eigenvalue weighted by atomic mass is 10.1. The van der Waals surface area contributed by atoms with Crippen LogP contribution in [0.2, 0.25) is 0 Å². The summed E-state index contributed by atoms with van der Waals surface area (Å²) in [5, 5.41) is 12.4. The summed E-state index contributed by atoms with van der Waals surface area (Å²) in [6.07, 6.45) is 1.33. The highest BCUT2D eigenvalue weighted by Gasteiger charge is 2.19. The molecular weight excluding hydrogens is 240 g/mol. The van der Waals surface area contributed by atoms with E-state index in [9.17, 15) is 9.90 Å². The van der Waals surface area contributed by atoms with Gasteiger partial charge >= 0.3 is 0 Å². The van der Waals surface area contributed by atoms with Crippen LogP contribution in [0.1, 0.15) is 24.0 Å². The number of anilines is 1. The Morgan fingerprint density at radius 3 is 2.74 bits per heavy atom. The molecule has 0 aromatic heterocycles. The molecule has 1 heterocycles. The van der Waals surface area contributed by atoms with Crippen molar-refractivity contribution >= 4 is 11.6 Å². The largest absolute Gasteiger partial charge is 0.393 e. The van der Waals surface area contributed by atoms with E-state index in [0.29, 0.717) is 6.54 Å². The molecule has 4 nitrogen and oxygen atoms in total. The fraction of sp³-hybridized carbons (Fsp3) is 0.533. The fourth-order valence-corrected chi connectivity index (χ4v) is 2.36. The molecule has 4 heteroatoms.